The van der Waals surface area contributed by atoms with Crippen LogP contribution in [0.4, 0.5) is 13.2 Å². The first-order valence-corrected chi connectivity index (χ1v) is 5.02. The highest BCUT2D eigenvalue weighted by Gasteiger charge is 2.33. The first-order valence-electron chi connectivity index (χ1n) is 5.02. The summed E-state index contributed by atoms with van der Waals surface area (Å²) in [6, 6.07) is 5.73. The standard InChI is InChI=1S/C13H10F3N/c1-8(2)9-6-7-17-12-10(9)4-3-5-11(12)13(14,15)16/h3-7H,1H2,2H3. The summed E-state index contributed by atoms with van der Waals surface area (Å²) in [6.45, 7) is 5.52. The third kappa shape index (κ3) is 2.02. The van der Waals surface area contributed by atoms with Crippen LogP contribution in [0.25, 0.3) is 16.5 Å². The molecule has 1 heterocycles. The van der Waals surface area contributed by atoms with Gasteiger partial charge in [-0.1, -0.05) is 24.3 Å². The van der Waals surface area contributed by atoms with E-state index in [4.69, 9.17) is 0 Å². The van der Waals surface area contributed by atoms with E-state index in [1.165, 1.54) is 12.3 Å². The molecule has 2 rings (SSSR count). The van der Waals surface area contributed by atoms with E-state index in [9.17, 15) is 13.2 Å². The number of halogens is 3. The average Bonchev–Trinajstić information content (AvgIpc) is 2.26. The summed E-state index contributed by atoms with van der Waals surface area (Å²) >= 11 is 0. The zero-order valence-electron chi connectivity index (χ0n) is 9.17. The summed E-state index contributed by atoms with van der Waals surface area (Å²) in [5.41, 5.74) is 0.677. The van der Waals surface area contributed by atoms with Crippen LogP contribution in [0.1, 0.15) is 18.1 Å². The molecule has 1 nitrogen and oxygen atoms in total. The summed E-state index contributed by atoms with van der Waals surface area (Å²) < 4.78 is 38.4. The minimum atomic E-state index is -4.39. The van der Waals surface area contributed by atoms with Gasteiger partial charge in [-0.15, -0.1) is 0 Å². The molecule has 2 aromatic rings. The van der Waals surface area contributed by atoms with Crippen LogP contribution in [0.15, 0.2) is 37.0 Å². The Bertz CT molecular complexity index is 585. The predicted octanol–water partition coefficient (Wildman–Crippen LogP) is 4.29. The van der Waals surface area contributed by atoms with Crippen molar-refractivity contribution in [3.8, 4) is 0 Å². The Labute approximate surface area is 96.6 Å². The molecule has 1 aromatic heterocycles. The highest BCUT2D eigenvalue weighted by molar-refractivity contribution is 5.92. The summed E-state index contributed by atoms with van der Waals surface area (Å²) in [5, 5.41) is 0.481. The van der Waals surface area contributed by atoms with Crippen LogP contribution in [0, 0.1) is 0 Å². The van der Waals surface area contributed by atoms with E-state index in [1.54, 1.807) is 19.1 Å². The molecule has 0 aliphatic heterocycles. The molecular weight excluding hydrogens is 227 g/mol. The van der Waals surface area contributed by atoms with Crippen molar-refractivity contribution < 1.29 is 13.2 Å². The first-order chi connectivity index (χ1) is 7.91. The van der Waals surface area contributed by atoms with Gasteiger partial charge in [-0.3, -0.25) is 4.98 Å². The molecule has 17 heavy (non-hydrogen) atoms. The van der Waals surface area contributed by atoms with Crippen molar-refractivity contribution in [3.05, 3.63) is 48.2 Å². The van der Waals surface area contributed by atoms with E-state index >= 15 is 0 Å². The lowest BCUT2D eigenvalue weighted by Gasteiger charge is -2.11. The molecule has 0 aliphatic carbocycles. The van der Waals surface area contributed by atoms with Crippen molar-refractivity contribution in [3.63, 3.8) is 0 Å². The van der Waals surface area contributed by atoms with Crippen LogP contribution >= 0.6 is 0 Å². The van der Waals surface area contributed by atoms with Gasteiger partial charge in [-0.05, 0) is 24.6 Å². The number of para-hydroxylation sites is 1. The number of aromatic nitrogens is 1. The number of allylic oxidation sites excluding steroid dienone is 1. The van der Waals surface area contributed by atoms with Crippen molar-refractivity contribution in [1.29, 1.82) is 0 Å². The van der Waals surface area contributed by atoms with Crippen LogP contribution in [0.2, 0.25) is 0 Å². The molecule has 0 unspecified atom stereocenters. The first kappa shape index (κ1) is 11.6. The third-order valence-electron chi connectivity index (χ3n) is 2.54. The minimum absolute atomic E-state index is 0.0273. The average molecular weight is 237 g/mol. The summed E-state index contributed by atoms with van der Waals surface area (Å²) in [4.78, 5) is 3.83. The van der Waals surface area contributed by atoms with Gasteiger partial charge >= 0.3 is 6.18 Å². The fraction of sp³-hybridized carbons (Fsp3) is 0.154. The molecule has 0 radical (unpaired) electrons. The fourth-order valence-electron chi connectivity index (χ4n) is 1.78. The molecule has 1 aromatic carbocycles. The Morgan fingerprint density at radius 3 is 2.53 bits per heavy atom. The summed E-state index contributed by atoms with van der Waals surface area (Å²) in [7, 11) is 0. The predicted molar refractivity (Wildman–Crippen MR) is 61.5 cm³/mol. The molecule has 0 bridgehead atoms. The van der Waals surface area contributed by atoms with E-state index in [1.807, 2.05) is 0 Å². The fourth-order valence-corrected chi connectivity index (χ4v) is 1.78. The van der Waals surface area contributed by atoms with E-state index in [-0.39, 0.29) is 5.52 Å². The monoisotopic (exact) mass is 237 g/mol. The molecule has 0 atom stereocenters. The van der Waals surface area contributed by atoms with Gasteiger partial charge in [-0.25, -0.2) is 0 Å². The molecule has 0 aliphatic rings. The lowest BCUT2D eigenvalue weighted by atomic mass is 10.0. The lowest BCUT2D eigenvalue weighted by molar-refractivity contribution is -0.136. The number of hydrogen-bond acceptors (Lipinski definition) is 1. The summed E-state index contributed by atoms with van der Waals surface area (Å²) in [6.07, 6.45) is -3.01. The Kier molecular flexibility index (Phi) is 2.65. The van der Waals surface area contributed by atoms with Crippen LogP contribution in [-0.4, -0.2) is 4.98 Å². The third-order valence-corrected chi connectivity index (χ3v) is 2.54. The number of hydrogen-bond donors (Lipinski definition) is 0. The van der Waals surface area contributed by atoms with Gasteiger partial charge in [0.25, 0.3) is 0 Å². The zero-order chi connectivity index (χ0) is 12.6. The largest absolute Gasteiger partial charge is 0.418 e. The van der Waals surface area contributed by atoms with Crippen LogP contribution in [-0.2, 0) is 6.18 Å². The molecule has 0 spiro atoms. The lowest BCUT2D eigenvalue weighted by Crippen LogP contribution is -2.06. The van der Waals surface area contributed by atoms with E-state index in [2.05, 4.69) is 11.6 Å². The Morgan fingerprint density at radius 1 is 1.24 bits per heavy atom. The molecule has 0 saturated heterocycles. The maximum Gasteiger partial charge on any atom is 0.418 e. The van der Waals surface area contributed by atoms with Crippen LogP contribution in [0.5, 0.6) is 0 Å². The molecule has 0 saturated carbocycles. The second kappa shape index (κ2) is 3.87. The van der Waals surface area contributed by atoms with Gasteiger partial charge < -0.3 is 0 Å². The zero-order valence-corrected chi connectivity index (χ0v) is 9.17. The van der Waals surface area contributed by atoms with Gasteiger partial charge in [0.2, 0.25) is 0 Å². The van der Waals surface area contributed by atoms with Gasteiger partial charge in [0.05, 0.1) is 11.1 Å². The van der Waals surface area contributed by atoms with Crippen LogP contribution < -0.4 is 0 Å². The molecular formula is C13H10F3N. The topological polar surface area (TPSA) is 12.9 Å². The van der Waals surface area contributed by atoms with Crippen molar-refractivity contribution in [2.24, 2.45) is 0 Å². The van der Waals surface area contributed by atoms with Gasteiger partial charge in [0, 0.05) is 11.6 Å². The molecule has 0 N–H and O–H groups in total. The highest BCUT2D eigenvalue weighted by Crippen LogP contribution is 2.35. The van der Waals surface area contributed by atoms with Crippen molar-refractivity contribution in [1.82, 2.24) is 4.98 Å². The number of rotatable bonds is 1. The Hall–Kier alpha value is -1.84. The number of alkyl halides is 3. The number of pyridine rings is 1. The maximum atomic E-state index is 12.8. The van der Waals surface area contributed by atoms with Crippen molar-refractivity contribution in [2.45, 2.75) is 13.1 Å². The second-order valence-electron chi connectivity index (χ2n) is 3.84. The van der Waals surface area contributed by atoms with E-state index in [0.717, 1.165) is 11.6 Å². The Balaban J connectivity index is 2.84. The van der Waals surface area contributed by atoms with Crippen molar-refractivity contribution in [2.75, 3.05) is 0 Å². The van der Waals surface area contributed by atoms with E-state index < -0.39 is 11.7 Å². The highest BCUT2D eigenvalue weighted by atomic mass is 19.4. The molecule has 0 amide bonds. The van der Waals surface area contributed by atoms with Crippen LogP contribution in [0.3, 0.4) is 0 Å². The Morgan fingerprint density at radius 2 is 1.94 bits per heavy atom. The number of nitrogens with zero attached hydrogens (tertiary/aromatic N) is 1. The SMILES string of the molecule is C=C(C)c1ccnc2c(C(F)(F)F)cccc12. The smallest absolute Gasteiger partial charge is 0.256 e. The second-order valence-corrected chi connectivity index (χ2v) is 3.84. The quantitative estimate of drug-likeness (QED) is 0.721. The van der Waals surface area contributed by atoms with Crippen molar-refractivity contribution >= 4 is 16.5 Å². The maximum absolute atomic E-state index is 12.8. The van der Waals surface area contributed by atoms with E-state index in [0.29, 0.717) is 10.9 Å². The molecule has 4 heteroatoms. The number of benzene rings is 1. The molecule has 0 fully saturated rings. The number of fused-ring (bicyclic) bond motifs is 1. The van der Waals surface area contributed by atoms with Gasteiger partial charge in [0.1, 0.15) is 0 Å². The van der Waals surface area contributed by atoms with Gasteiger partial charge in [-0.2, -0.15) is 13.2 Å². The summed E-state index contributed by atoms with van der Waals surface area (Å²) in [5.74, 6) is 0. The van der Waals surface area contributed by atoms with Gasteiger partial charge in [0.15, 0.2) is 0 Å². The minimum Gasteiger partial charge on any atom is -0.256 e. The normalized spacial score (nSPS) is 11.8. The molecule has 88 valence electrons.